The summed E-state index contributed by atoms with van der Waals surface area (Å²) in [6, 6.07) is 0. The zero-order chi connectivity index (χ0) is 16.1. The summed E-state index contributed by atoms with van der Waals surface area (Å²) in [4.78, 5) is 29.8. The number of nitrogens with zero attached hydrogens (tertiary/aromatic N) is 2. The molecule has 0 aliphatic heterocycles. The Morgan fingerprint density at radius 3 is 2.73 bits per heavy atom. The minimum Gasteiger partial charge on any atom is -0.464 e. The molecule has 1 aliphatic carbocycles. The maximum atomic E-state index is 12.5. The van der Waals surface area contributed by atoms with Crippen LogP contribution in [0.1, 0.15) is 55.9 Å². The lowest BCUT2D eigenvalue weighted by Crippen LogP contribution is -2.39. The van der Waals surface area contributed by atoms with E-state index in [-0.39, 0.29) is 17.5 Å². The Bertz CT molecular complexity index is 520. The molecule has 6 nitrogen and oxygen atoms in total. The summed E-state index contributed by atoms with van der Waals surface area (Å²) in [6.07, 6.45) is 5.27. The van der Waals surface area contributed by atoms with Crippen molar-refractivity contribution in [2.45, 2.75) is 46.1 Å². The van der Waals surface area contributed by atoms with Gasteiger partial charge in [0.15, 0.2) is 5.69 Å². The van der Waals surface area contributed by atoms with Crippen LogP contribution in [0.25, 0.3) is 0 Å². The maximum Gasteiger partial charge on any atom is 0.360 e. The number of rotatable bonds is 7. The van der Waals surface area contributed by atoms with Crippen LogP contribution in [-0.2, 0) is 16.1 Å². The lowest BCUT2D eigenvalue weighted by molar-refractivity contribution is -0.139. The first-order valence-electron chi connectivity index (χ1n) is 7.82. The zero-order valence-electron chi connectivity index (χ0n) is 13.5. The SMILES string of the molecule is COC(=O)c1coc(CN(CCC(C)C)C(=O)C2CCC2)n1. The Morgan fingerprint density at radius 1 is 1.45 bits per heavy atom. The highest BCUT2D eigenvalue weighted by atomic mass is 16.5. The number of aromatic nitrogens is 1. The van der Waals surface area contributed by atoms with Gasteiger partial charge >= 0.3 is 5.97 Å². The molecule has 0 N–H and O–H groups in total. The average Bonchev–Trinajstić information content (AvgIpc) is 2.88. The van der Waals surface area contributed by atoms with E-state index in [1.807, 2.05) is 0 Å². The molecule has 6 heteroatoms. The van der Waals surface area contributed by atoms with Gasteiger partial charge in [0.2, 0.25) is 11.8 Å². The molecule has 1 aliphatic rings. The molecule has 0 spiro atoms. The smallest absolute Gasteiger partial charge is 0.360 e. The fourth-order valence-electron chi connectivity index (χ4n) is 2.34. The van der Waals surface area contributed by atoms with Crippen molar-refractivity contribution < 1.29 is 18.7 Å². The van der Waals surface area contributed by atoms with E-state index in [2.05, 4.69) is 23.6 Å². The Labute approximate surface area is 130 Å². The second kappa shape index (κ2) is 7.42. The van der Waals surface area contributed by atoms with Gasteiger partial charge in [0.05, 0.1) is 13.7 Å². The zero-order valence-corrected chi connectivity index (χ0v) is 13.5. The van der Waals surface area contributed by atoms with E-state index < -0.39 is 5.97 Å². The van der Waals surface area contributed by atoms with Crippen LogP contribution in [0.2, 0.25) is 0 Å². The van der Waals surface area contributed by atoms with Gasteiger partial charge in [0.1, 0.15) is 6.26 Å². The predicted molar refractivity (Wildman–Crippen MR) is 80.1 cm³/mol. The van der Waals surface area contributed by atoms with Gasteiger partial charge in [-0.25, -0.2) is 9.78 Å². The fourth-order valence-corrected chi connectivity index (χ4v) is 2.34. The molecular formula is C16H24N2O4. The normalized spacial score (nSPS) is 14.7. The highest BCUT2D eigenvalue weighted by molar-refractivity contribution is 5.86. The van der Waals surface area contributed by atoms with E-state index in [0.717, 1.165) is 25.7 Å². The quantitative estimate of drug-likeness (QED) is 0.724. The third-order valence-electron chi connectivity index (χ3n) is 4.01. The fraction of sp³-hybridized carbons (Fsp3) is 0.688. The molecule has 0 atom stereocenters. The molecule has 1 aromatic heterocycles. The molecule has 122 valence electrons. The summed E-state index contributed by atoms with van der Waals surface area (Å²) in [5.74, 6) is 0.671. The number of carbonyl (C=O) groups is 2. The number of methoxy groups -OCH3 is 1. The van der Waals surface area contributed by atoms with E-state index in [0.29, 0.717) is 24.9 Å². The Hall–Kier alpha value is -1.85. The van der Waals surface area contributed by atoms with Crippen LogP contribution in [0.3, 0.4) is 0 Å². The molecule has 0 aromatic carbocycles. The summed E-state index contributed by atoms with van der Waals surface area (Å²) in [7, 11) is 1.30. The Kier molecular flexibility index (Phi) is 5.57. The van der Waals surface area contributed by atoms with Crippen molar-refractivity contribution in [1.82, 2.24) is 9.88 Å². The molecule has 1 fully saturated rings. The molecule has 1 saturated carbocycles. The highest BCUT2D eigenvalue weighted by Crippen LogP contribution is 2.29. The van der Waals surface area contributed by atoms with E-state index in [4.69, 9.17) is 4.42 Å². The van der Waals surface area contributed by atoms with Crippen molar-refractivity contribution >= 4 is 11.9 Å². The molecule has 0 radical (unpaired) electrons. The molecule has 2 rings (SSSR count). The molecule has 1 heterocycles. The summed E-state index contributed by atoms with van der Waals surface area (Å²) >= 11 is 0. The van der Waals surface area contributed by atoms with Crippen molar-refractivity contribution in [3.8, 4) is 0 Å². The first-order chi connectivity index (χ1) is 10.5. The predicted octanol–water partition coefficient (Wildman–Crippen LogP) is 2.64. The number of esters is 1. The Balaban J connectivity index is 2.02. The minimum atomic E-state index is -0.533. The summed E-state index contributed by atoms with van der Waals surface area (Å²) in [5, 5.41) is 0. The molecule has 0 saturated heterocycles. The summed E-state index contributed by atoms with van der Waals surface area (Å²) < 4.78 is 9.90. The number of oxazole rings is 1. The van der Waals surface area contributed by atoms with E-state index in [1.165, 1.54) is 13.4 Å². The first kappa shape index (κ1) is 16.5. The summed E-state index contributed by atoms with van der Waals surface area (Å²) in [5.41, 5.74) is 0.136. The highest BCUT2D eigenvalue weighted by Gasteiger charge is 2.30. The van der Waals surface area contributed by atoms with Crippen molar-refractivity contribution in [2.24, 2.45) is 11.8 Å². The average molecular weight is 308 g/mol. The van der Waals surface area contributed by atoms with Gasteiger partial charge in [-0.1, -0.05) is 20.3 Å². The molecule has 1 aromatic rings. The standard InChI is InChI=1S/C16H24N2O4/c1-11(2)7-8-18(15(19)12-5-4-6-12)9-14-17-13(10-22-14)16(20)21-3/h10-12H,4-9H2,1-3H3. The van der Waals surface area contributed by atoms with Crippen LogP contribution in [0.15, 0.2) is 10.7 Å². The van der Waals surface area contributed by atoms with Crippen molar-refractivity contribution in [2.75, 3.05) is 13.7 Å². The van der Waals surface area contributed by atoms with E-state index in [1.54, 1.807) is 4.90 Å². The van der Waals surface area contributed by atoms with Crippen LogP contribution >= 0.6 is 0 Å². The van der Waals surface area contributed by atoms with Crippen LogP contribution in [-0.4, -0.2) is 35.4 Å². The van der Waals surface area contributed by atoms with E-state index in [9.17, 15) is 9.59 Å². The number of amides is 1. The van der Waals surface area contributed by atoms with Crippen LogP contribution in [0.5, 0.6) is 0 Å². The number of carbonyl (C=O) groups excluding carboxylic acids is 2. The summed E-state index contributed by atoms with van der Waals surface area (Å²) in [6.45, 7) is 5.25. The lowest BCUT2D eigenvalue weighted by atomic mass is 9.84. The number of ether oxygens (including phenoxy) is 1. The lowest BCUT2D eigenvalue weighted by Gasteiger charge is -2.31. The van der Waals surface area contributed by atoms with Gasteiger partial charge in [-0.05, 0) is 25.2 Å². The number of hydrogen-bond donors (Lipinski definition) is 0. The molecule has 0 bridgehead atoms. The molecular weight excluding hydrogens is 284 g/mol. The topological polar surface area (TPSA) is 72.6 Å². The van der Waals surface area contributed by atoms with Gasteiger partial charge in [0.25, 0.3) is 0 Å². The van der Waals surface area contributed by atoms with Crippen molar-refractivity contribution in [3.05, 3.63) is 17.8 Å². The van der Waals surface area contributed by atoms with Crippen LogP contribution in [0, 0.1) is 11.8 Å². The minimum absolute atomic E-state index is 0.136. The molecule has 22 heavy (non-hydrogen) atoms. The van der Waals surface area contributed by atoms with E-state index >= 15 is 0 Å². The molecule has 1 amide bonds. The van der Waals surface area contributed by atoms with Gasteiger partial charge in [-0.3, -0.25) is 4.79 Å². The van der Waals surface area contributed by atoms with Gasteiger partial charge in [0, 0.05) is 12.5 Å². The monoisotopic (exact) mass is 308 g/mol. The van der Waals surface area contributed by atoms with Crippen LogP contribution < -0.4 is 0 Å². The van der Waals surface area contributed by atoms with Crippen molar-refractivity contribution in [3.63, 3.8) is 0 Å². The van der Waals surface area contributed by atoms with Crippen LogP contribution in [0.4, 0.5) is 0 Å². The number of hydrogen-bond acceptors (Lipinski definition) is 5. The first-order valence-corrected chi connectivity index (χ1v) is 7.82. The second-order valence-corrected chi connectivity index (χ2v) is 6.19. The maximum absolute atomic E-state index is 12.5. The van der Waals surface area contributed by atoms with Gasteiger partial charge in [-0.15, -0.1) is 0 Å². The van der Waals surface area contributed by atoms with Crippen molar-refractivity contribution in [1.29, 1.82) is 0 Å². The van der Waals surface area contributed by atoms with Gasteiger partial charge in [-0.2, -0.15) is 0 Å². The van der Waals surface area contributed by atoms with Gasteiger partial charge < -0.3 is 14.1 Å². The largest absolute Gasteiger partial charge is 0.464 e. The molecule has 0 unspecified atom stereocenters. The third kappa shape index (κ3) is 4.08. The Morgan fingerprint density at radius 2 is 2.18 bits per heavy atom. The third-order valence-corrected chi connectivity index (χ3v) is 4.01. The second-order valence-electron chi connectivity index (χ2n) is 6.19.